The number of nitrogens with one attached hydrogen (secondary N) is 2. The molecule has 3 rings (SSSR count). The maximum absolute atomic E-state index is 15.4. The van der Waals surface area contributed by atoms with E-state index in [-0.39, 0.29) is 5.75 Å². The van der Waals surface area contributed by atoms with Crippen molar-refractivity contribution in [2.24, 2.45) is 0 Å². The molecule has 36 heavy (non-hydrogen) atoms. The van der Waals surface area contributed by atoms with Crippen LogP contribution in [-0.4, -0.2) is 57.3 Å². The van der Waals surface area contributed by atoms with Crippen LogP contribution in [0, 0.1) is 0 Å². The summed E-state index contributed by atoms with van der Waals surface area (Å²) >= 11 is 0. The summed E-state index contributed by atoms with van der Waals surface area (Å²) in [5.74, 6) is -0.560. The minimum absolute atomic E-state index is 0.152. The van der Waals surface area contributed by atoms with E-state index >= 15 is 4.39 Å². The number of ether oxygens (including phenoxy) is 2. The largest absolute Gasteiger partial charge is 0.462 e. The number of rotatable bonds is 10. The fourth-order valence-corrected chi connectivity index (χ4v) is 4.97. The minimum atomic E-state index is -4.30. The first kappa shape index (κ1) is 27.8. The van der Waals surface area contributed by atoms with Gasteiger partial charge in [-0.3, -0.25) is 23.7 Å². The molecule has 6 atom stereocenters. The quantitative estimate of drug-likeness (QED) is 0.305. The van der Waals surface area contributed by atoms with Crippen LogP contribution >= 0.6 is 7.75 Å². The Morgan fingerprint density at radius 1 is 1.28 bits per heavy atom. The standard InChI is InChI=1S/C22H29FN3O9P/c1-13(2)33-19(29)14(3)25-36(31,35-15-8-6-5-7-9-15)32-12-16-18(28)22(4,23)20(34-16)26-11-10-17(27)24-21(26)30/h5-11,13-14,16,18,20,28H,12H2,1-4H3,(H,25,31)(H,24,27,30)/t14-,16+,18+,20+,22?,36-/m0/s1. The SMILES string of the molecule is CC(C)OC(=O)[C@H](C)N[P@](=O)(OC[C@H]1O[C@@H](n2ccc(=O)[nH]c2=O)C(C)(F)[C@@H]1O)Oc1ccccc1. The number of aliphatic hydroxyl groups is 1. The van der Waals surface area contributed by atoms with Crippen molar-refractivity contribution in [1.29, 1.82) is 0 Å². The van der Waals surface area contributed by atoms with E-state index in [0.29, 0.717) is 0 Å². The molecule has 0 saturated carbocycles. The minimum Gasteiger partial charge on any atom is -0.462 e. The molecule has 2 heterocycles. The number of hydrogen-bond acceptors (Lipinski definition) is 9. The van der Waals surface area contributed by atoms with Gasteiger partial charge in [0.25, 0.3) is 5.56 Å². The van der Waals surface area contributed by atoms with Crippen molar-refractivity contribution in [3.05, 3.63) is 63.4 Å². The summed E-state index contributed by atoms with van der Waals surface area (Å²) in [6, 6.07) is 7.86. The van der Waals surface area contributed by atoms with E-state index in [0.717, 1.165) is 23.8 Å². The number of para-hydroxylation sites is 1. The average Bonchev–Trinajstić information content (AvgIpc) is 3.01. The number of halogens is 1. The predicted octanol–water partition coefficient (Wildman–Crippen LogP) is 1.66. The number of aliphatic hydroxyl groups excluding tert-OH is 1. The Hall–Kier alpha value is -2.83. The van der Waals surface area contributed by atoms with Crippen LogP contribution in [0.3, 0.4) is 0 Å². The van der Waals surface area contributed by atoms with Gasteiger partial charge >= 0.3 is 19.4 Å². The molecule has 1 aliphatic heterocycles. The molecule has 12 nitrogen and oxygen atoms in total. The number of carbonyl (C=O) groups excluding carboxylic acids is 1. The molecular formula is C22H29FN3O9P. The summed E-state index contributed by atoms with van der Waals surface area (Å²) in [5.41, 5.74) is -4.12. The molecule has 198 valence electrons. The number of aromatic amines is 1. The molecular weight excluding hydrogens is 500 g/mol. The van der Waals surface area contributed by atoms with Crippen molar-refractivity contribution in [2.45, 2.75) is 63.9 Å². The Bertz CT molecular complexity index is 1220. The van der Waals surface area contributed by atoms with Crippen molar-refractivity contribution in [1.82, 2.24) is 14.6 Å². The maximum Gasteiger partial charge on any atom is 0.459 e. The lowest BCUT2D eigenvalue weighted by Crippen LogP contribution is -2.43. The van der Waals surface area contributed by atoms with Crippen molar-refractivity contribution in [3.8, 4) is 5.75 Å². The molecule has 1 aliphatic rings. The highest BCUT2D eigenvalue weighted by atomic mass is 31.2. The molecule has 0 aliphatic carbocycles. The van der Waals surface area contributed by atoms with Gasteiger partial charge < -0.3 is 19.1 Å². The summed E-state index contributed by atoms with van der Waals surface area (Å²) in [4.78, 5) is 37.7. The lowest BCUT2D eigenvalue weighted by molar-refractivity contribution is -0.149. The van der Waals surface area contributed by atoms with E-state index in [1.165, 1.54) is 19.1 Å². The number of esters is 1. The van der Waals surface area contributed by atoms with Crippen molar-refractivity contribution in [3.63, 3.8) is 0 Å². The van der Waals surface area contributed by atoms with E-state index in [9.17, 15) is 24.1 Å². The van der Waals surface area contributed by atoms with Crippen molar-refractivity contribution >= 4 is 13.7 Å². The van der Waals surface area contributed by atoms with Gasteiger partial charge in [0.15, 0.2) is 11.9 Å². The molecule has 0 amide bonds. The lowest BCUT2D eigenvalue weighted by atomic mass is 9.98. The Kier molecular flexibility index (Phi) is 8.52. The van der Waals surface area contributed by atoms with Gasteiger partial charge in [-0.15, -0.1) is 0 Å². The Balaban J connectivity index is 1.80. The number of H-pyrrole nitrogens is 1. The molecule has 1 aromatic carbocycles. The molecule has 0 radical (unpaired) electrons. The number of hydrogen-bond donors (Lipinski definition) is 3. The normalized spacial score (nSPS) is 26.4. The Morgan fingerprint density at radius 3 is 2.56 bits per heavy atom. The van der Waals surface area contributed by atoms with Crippen LogP contribution in [0.5, 0.6) is 5.75 Å². The number of aromatic nitrogens is 2. The van der Waals surface area contributed by atoms with Gasteiger partial charge in [0.05, 0.1) is 12.7 Å². The van der Waals surface area contributed by atoms with Gasteiger partial charge in [-0.25, -0.2) is 13.8 Å². The van der Waals surface area contributed by atoms with Crippen LogP contribution in [0.2, 0.25) is 0 Å². The summed E-state index contributed by atoms with van der Waals surface area (Å²) in [6.07, 6.45) is -4.21. The summed E-state index contributed by atoms with van der Waals surface area (Å²) in [7, 11) is -4.30. The van der Waals surface area contributed by atoms with Crippen molar-refractivity contribution < 1.29 is 37.4 Å². The Labute approximate surface area is 205 Å². The zero-order valence-corrected chi connectivity index (χ0v) is 21.0. The fourth-order valence-electron chi connectivity index (χ4n) is 3.47. The van der Waals surface area contributed by atoms with Crippen molar-refractivity contribution in [2.75, 3.05) is 6.61 Å². The smallest absolute Gasteiger partial charge is 0.459 e. The van der Waals surface area contributed by atoms with Crippen LogP contribution in [0.1, 0.15) is 33.9 Å². The number of benzene rings is 1. The van der Waals surface area contributed by atoms with E-state index in [2.05, 4.69) is 5.09 Å². The van der Waals surface area contributed by atoms with Crippen LogP contribution in [0.15, 0.2) is 52.2 Å². The highest BCUT2D eigenvalue weighted by Crippen LogP contribution is 2.47. The fraction of sp³-hybridized carbons (Fsp3) is 0.500. The molecule has 3 N–H and O–H groups in total. The van der Waals surface area contributed by atoms with Crippen LogP contribution in [0.25, 0.3) is 0 Å². The summed E-state index contributed by atoms with van der Waals surface area (Å²) < 4.78 is 51.4. The first-order chi connectivity index (χ1) is 16.8. The first-order valence-corrected chi connectivity index (χ1v) is 12.7. The van der Waals surface area contributed by atoms with Crippen LogP contribution < -0.4 is 20.9 Å². The third-order valence-corrected chi connectivity index (χ3v) is 6.90. The second-order valence-electron chi connectivity index (χ2n) is 8.67. The highest BCUT2D eigenvalue weighted by molar-refractivity contribution is 7.52. The molecule has 0 spiro atoms. The molecule has 2 aromatic rings. The van der Waals surface area contributed by atoms with Gasteiger partial charge in [-0.2, -0.15) is 5.09 Å². The summed E-state index contributed by atoms with van der Waals surface area (Å²) in [6.45, 7) is 5.07. The second kappa shape index (κ2) is 11.1. The second-order valence-corrected chi connectivity index (χ2v) is 10.4. The lowest BCUT2D eigenvalue weighted by Gasteiger charge is -2.25. The predicted molar refractivity (Wildman–Crippen MR) is 125 cm³/mol. The van der Waals surface area contributed by atoms with Gasteiger partial charge in [0, 0.05) is 12.3 Å². The monoisotopic (exact) mass is 529 g/mol. The molecule has 1 unspecified atom stereocenters. The Morgan fingerprint density at radius 2 is 1.94 bits per heavy atom. The van der Waals surface area contributed by atoms with E-state index in [1.807, 2.05) is 4.98 Å². The molecule has 0 bridgehead atoms. The number of carbonyl (C=O) groups is 1. The third kappa shape index (κ3) is 6.48. The molecule has 1 saturated heterocycles. The maximum atomic E-state index is 15.4. The van der Waals surface area contributed by atoms with Crippen LogP contribution in [-0.2, 0) is 23.4 Å². The number of alkyl halides is 1. The first-order valence-electron chi connectivity index (χ1n) is 11.1. The van der Waals surface area contributed by atoms with Crippen LogP contribution in [0.4, 0.5) is 4.39 Å². The van der Waals surface area contributed by atoms with Gasteiger partial charge in [0.1, 0.15) is 24.0 Å². The molecule has 1 aromatic heterocycles. The van der Waals surface area contributed by atoms with E-state index < -0.39 is 67.8 Å². The van der Waals surface area contributed by atoms with Gasteiger partial charge in [-0.1, -0.05) is 18.2 Å². The topological polar surface area (TPSA) is 158 Å². The average molecular weight is 529 g/mol. The zero-order chi connectivity index (χ0) is 26.7. The van der Waals surface area contributed by atoms with E-state index in [1.54, 1.807) is 32.0 Å². The summed E-state index contributed by atoms with van der Waals surface area (Å²) in [5, 5.41) is 13.0. The third-order valence-electron chi connectivity index (χ3n) is 5.26. The highest BCUT2D eigenvalue weighted by Gasteiger charge is 2.55. The van der Waals surface area contributed by atoms with E-state index in [4.69, 9.17) is 18.5 Å². The van der Waals surface area contributed by atoms with Gasteiger partial charge in [-0.05, 0) is 39.8 Å². The zero-order valence-electron chi connectivity index (χ0n) is 20.1. The molecule has 14 heteroatoms. The van der Waals surface area contributed by atoms with Gasteiger partial charge in [0.2, 0.25) is 0 Å². The molecule has 1 fully saturated rings. The number of nitrogens with zero attached hydrogens (tertiary/aromatic N) is 1.